The van der Waals surface area contributed by atoms with Crippen molar-refractivity contribution in [2.24, 2.45) is 0 Å². The Balaban J connectivity index is 1.92. The molecular weight excluding hydrogens is 246 g/mol. The van der Waals surface area contributed by atoms with Crippen LogP contribution in [0.5, 0.6) is 11.5 Å². The maximum atomic E-state index is 11.8. The van der Waals surface area contributed by atoms with Gasteiger partial charge in [-0.3, -0.25) is 10.1 Å². The summed E-state index contributed by atoms with van der Waals surface area (Å²) in [4.78, 5) is 18.5. The highest BCUT2D eigenvalue weighted by molar-refractivity contribution is 5.92. The van der Waals surface area contributed by atoms with Crippen LogP contribution in [0.4, 0.5) is 5.95 Å². The summed E-state index contributed by atoms with van der Waals surface area (Å²) in [6, 6.07) is 7.03. The monoisotopic (exact) mass is 261 g/mol. The van der Waals surface area contributed by atoms with E-state index < -0.39 is 6.10 Å². The number of anilines is 1. The molecule has 1 aromatic heterocycles. The number of aromatic amines is 1. The van der Waals surface area contributed by atoms with Gasteiger partial charge in [0, 0.05) is 12.4 Å². The number of carbonyl (C=O) groups excluding carboxylic acids is 1. The van der Waals surface area contributed by atoms with Crippen molar-refractivity contribution >= 4 is 11.9 Å². The van der Waals surface area contributed by atoms with Crippen LogP contribution in [0.15, 0.2) is 36.7 Å². The van der Waals surface area contributed by atoms with E-state index in [9.17, 15) is 4.79 Å². The first-order valence-corrected chi connectivity index (χ1v) is 5.80. The quantitative estimate of drug-likeness (QED) is 0.860. The van der Waals surface area contributed by atoms with Gasteiger partial charge in [-0.2, -0.15) is 0 Å². The number of aromatic nitrogens is 2. The van der Waals surface area contributed by atoms with E-state index in [2.05, 4.69) is 15.3 Å². The molecule has 0 aliphatic heterocycles. The highest BCUT2D eigenvalue weighted by Crippen LogP contribution is 2.18. The molecule has 0 aliphatic carbocycles. The molecule has 1 aromatic carbocycles. The van der Waals surface area contributed by atoms with E-state index >= 15 is 0 Å². The molecular formula is C13H15N3O3. The minimum atomic E-state index is -0.626. The summed E-state index contributed by atoms with van der Waals surface area (Å²) in [5.74, 6) is 1.46. The molecule has 1 unspecified atom stereocenters. The number of hydrogen-bond acceptors (Lipinski definition) is 4. The van der Waals surface area contributed by atoms with Crippen LogP contribution in [0.2, 0.25) is 0 Å². The van der Waals surface area contributed by atoms with E-state index in [0.29, 0.717) is 11.7 Å². The number of hydrogen-bond donors (Lipinski definition) is 2. The minimum Gasteiger partial charge on any atom is -0.497 e. The average Bonchev–Trinajstić information content (AvgIpc) is 2.92. The summed E-state index contributed by atoms with van der Waals surface area (Å²) < 4.78 is 10.6. The zero-order chi connectivity index (χ0) is 13.7. The second-order valence-corrected chi connectivity index (χ2v) is 3.86. The fraction of sp³-hybridized carbons (Fsp3) is 0.231. The number of imidazole rings is 1. The van der Waals surface area contributed by atoms with Gasteiger partial charge >= 0.3 is 0 Å². The van der Waals surface area contributed by atoms with Gasteiger partial charge in [-0.15, -0.1) is 0 Å². The first kappa shape index (κ1) is 12.9. The molecule has 19 heavy (non-hydrogen) atoms. The van der Waals surface area contributed by atoms with Gasteiger partial charge in [-0.05, 0) is 31.2 Å². The van der Waals surface area contributed by atoms with E-state index in [0.717, 1.165) is 5.75 Å². The van der Waals surface area contributed by atoms with Gasteiger partial charge in [0.15, 0.2) is 6.10 Å². The molecule has 1 amide bonds. The van der Waals surface area contributed by atoms with Crippen molar-refractivity contribution in [2.45, 2.75) is 13.0 Å². The molecule has 2 aromatic rings. The summed E-state index contributed by atoms with van der Waals surface area (Å²) in [6.45, 7) is 1.67. The number of methoxy groups -OCH3 is 1. The van der Waals surface area contributed by atoms with Crippen molar-refractivity contribution in [1.82, 2.24) is 9.97 Å². The van der Waals surface area contributed by atoms with E-state index in [1.807, 2.05) is 0 Å². The molecule has 6 nitrogen and oxygen atoms in total. The van der Waals surface area contributed by atoms with Crippen molar-refractivity contribution in [3.63, 3.8) is 0 Å². The molecule has 1 atom stereocenters. The van der Waals surface area contributed by atoms with Crippen LogP contribution < -0.4 is 14.8 Å². The van der Waals surface area contributed by atoms with Crippen LogP contribution in [0.25, 0.3) is 0 Å². The first-order valence-electron chi connectivity index (χ1n) is 5.80. The van der Waals surface area contributed by atoms with Gasteiger partial charge < -0.3 is 14.5 Å². The summed E-state index contributed by atoms with van der Waals surface area (Å²) >= 11 is 0. The lowest BCUT2D eigenvalue weighted by molar-refractivity contribution is -0.122. The average molecular weight is 261 g/mol. The third-order valence-corrected chi connectivity index (χ3v) is 2.48. The second-order valence-electron chi connectivity index (χ2n) is 3.86. The molecule has 6 heteroatoms. The Kier molecular flexibility index (Phi) is 4.02. The SMILES string of the molecule is COc1ccc(OC(C)C(=O)Nc2ncc[nH]2)cc1. The summed E-state index contributed by atoms with van der Waals surface area (Å²) in [7, 11) is 1.59. The largest absolute Gasteiger partial charge is 0.497 e. The molecule has 0 bridgehead atoms. The normalized spacial score (nSPS) is 11.7. The van der Waals surface area contributed by atoms with E-state index in [1.165, 1.54) is 0 Å². The van der Waals surface area contributed by atoms with Crippen LogP contribution in [0.3, 0.4) is 0 Å². The van der Waals surface area contributed by atoms with Gasteiger partial charge in [0.05, 0.1) is 7.11 Å². The first-order chi connectivity index (χ1) is 9.19. The molecule has 0 radical (unpaired) electrons. The minimum absolute atomic E-state index is 0.272. The molecule has 0 fully saturated rings. The van der Waals surface area contributed by atoms with E-state index in [1.54, 1.807) is 50.7 Å². The molecule has 0 saturated heterocycles. The number of amides is 1. The topological polar surface area (TPSA) is 76.2 Å². The highest BCUT2D eigenvalue weighted by Gasteiger charge is 2.15. The van der Waals surface area contributed by atoms with Gasteiger partial charge in [0.2, 0.25) is 5.95 Å². The molecule has 100 valence electrons. The predicted octanol–water partition coefficient (Wildman–Crippen LogP) is 1.82. The van der Waals surface area contributed by atoms with Gasteiger partial charge in [-0.25, -0.2) is 4.98 Å². The molecule has 2 N–H and O–H groups in total. The number of benzene rings is 1. The highest BCUT2D eigenvalue weighted by atomic mass is 16.5. The van der Waals surface area contributed by atoms with Crippen molar-refractivity contribution in [3.05, 3.63) is 36.7 Å². The zero-order valence-corrected chi connectivity index (χ0v) is 10.7. The van der Waals surface area contributed by atoms with Crippen molar-refractivity contribution < 1.29 is 14.3 Å². The maximum absolute atomic E-state index is 11.8. The molecule has 0 spiro atoms. The van der Waals surface area contributed by atoms with Gasteiger partial charge in [-0.1, -0.05) is 0 Å². The number of nitrogens with one attached hydrogen (secondary N) is 2. The lowest BCUT2D eigenvalue weighted by atomic mass is 10.3. The summed E-state index contributed by atoms with van der Waals surface area (Å²) in [6.07, 6.45) is 2.56. The smallest absolute Gasteiger partial charge is 0.267 e. The van der Waals surface area contributed by atoms with E-state index in [-0.39, 0.29) is 5.91 Å². The van der Waals surface area contributed by atoms with Crippen LogP contribution in [0, 0.1) is 0 Å². The summed E-state index contributed by atoms with van der Waals surface area (Å²) in [5, 5.41) is 2.61. The molecule has 0 saturated carbocycles. The molecule has 1 heterocycles. The zero-order valence-electron chi connectivity index (χ0n) is 10.7. The third-order valence-electron chi connectivity index (χ3n) is 2.48. The van der Waals surface area contributed by atoms with Crippen molar-refractivity contribution in [3.8, 4) is 11.5 Å². The predicted molar refractivity (Wildman–Crippen MR) is 70.3 cm³/mol. The lowest BCUT2D eigenvalue weighted by Gasteiger charge is -2.13. The van der Waals surface area contributed by atoms with Gasteiger partial charge in [0.25, 0.3) is 5.91 Å². The fourth-order valence-electron chi connectivity index (χ4n) is 1.46. The van der Waals surface area contributed by atoms with E-state index in [4.69, 9.17) is 9.47 Å². The lowest BCUT2D eigenvalue weighted by Crippen LogP contribution is -2.30. The maximum Gasteiger partial charge on any atom is 0.267 e. The summed E-state index contributed by atoms with van der Waals surface area (Å²) in [5.41, 5.74) is 0. The van der Waals surface area contributed by atoms with Crippen LogP contribution >= 0.6 is 0 Å². The Morgan fingerprint density at radius 3 is 2.58 bits per heavy atom. The Morgan fingerprint density at radius 2 is 2.00 bits per heavy atom. The van der Waals surface area contributed by atoms with Crippen LogP contribution in [-0.2, 0) is 4.79 Å². The Morgan fingerprint density at radius 1 is 1.32 bits per heavy atom. The van der Waals surface area contributed by atoms with Crippen LogP contribution in [0.1, 0.15) is 6.92 Å². The Hall–Kier alpha value is -2.50. The standard InChI is InChI=1S/C13H15N3O3/c1-9(12(17)16-13-14-7-8-15-13)19-11-5-3-10(18-2)4-6-11/h3-9H,1-2H3,(H2,14,15,16,17). The second kappa shape index (κ2) is 5.90. The Bertz CT molecular complexity index is 523. The number of ether oxygens (including phenoxy) is 2. The third kappa shape index (κ3) is 3.48. The molecule has 2 rings (SSSR count). The Labute approximate surface area is 110 Å². The van der Waals surface area contributed by atoms with Gasteiger partial charge in [0.1, 0.15) is 11.5 Å². The number of carbonyl (C=O) groups is 1. The number of rotatable bonds is 5. The number of nitrogens with zero attached hydrogens (tertiary/aromatic N) is 1. The number of H-pyrrole nitrogens is 1. The van der Waals surface area contributed by atoms with Crippen LogP contribution in [-0.4, -0.2) is 29.1 Å². The molecule has 0 aliphatic rings. The van der Waals surface area contributed by atoms with Crippen molar-refractivity contribution in [1.29, 1.82) is 0 Å². The fourth-order valence-corrected chi connectivity index (χ4v) is 1.46. The van der Waals surface area contributed by atoms with Crippen molar-refractivity contribution in [2.75, 3.05) is 12.4 Å².